The number of rotatable bonds is 4. The van der Waals surface area contributed by atoms with Crippen LogP contribution in [0.2, 0.25) is 5.02 Å². The van der Waals surface area contributed by atoms with Crippen molar-refractivity contribution in [1.29, 1.82) is 0 Å². The quantitative estimate of drug-likeness (QED) is 0.692. The molecule has 3 rings (SSSR count). The number of benzene rings is 2. The second kappa shape index (κ2) is 6.36. The number of nitrogens with zero attached hydrogens (tertiary/aromatic N) is 4. The Morgan fingerprint density at radius 3 is 2.73 bits per heavy atom. The smallest absolute Gasteiger partial charge is 0.338 e. The van der Waals surface area contributed by atoms with Crippen LogP contribution >= 0.6 is 11.6 Å². The molecular formula is C15H11ClN4O2. The largest absolute Gasteiger partial charge is 0.457 e. The van der Waals surface area contributed by atoms with E-state index < -0.39 is 5.97 Å². The standard InChI is InChI=1S/C15H11ClN4O2/c16-13-6-4-11(5-7-13)9-22-15(21)12-2-1-3-14(8-12)20-10-17-18-19-20/h1-8,10H,9H2. The Kier molecular flexibility index (Phi) is 4.11. The van der Waals surface area contributed by atoms with Gasteiger partial charge in [-0.05, 0) is 46.3 Å². The average molecular weight is 315 g/mol. The summed E-state index contributed by atoms with van der Waals surface area (Å²) in [6.07, 6.45) is 1.46. The molecule has 0 unspecified atom stereocenters. The van der Waals surface area contributed by atoms with Gasteiger partial charge in [-0.25, -0.2) is 9.48 Å². The molecule has 3 aromatic rings. The van der Waals surface area contributed by atoms with Gasteiger partial charge in [-0.15, -0.1) is 5.10 Å². The maximum Gasteiger partial charge on any atom is 0.338 e. The molecule has 110 valence electrons. The monoisotopic (exact) mass is 314 g/mol. The van der Waals surface area contributed by atoms with Gasteiger partial charge in [-0.1, -0.05) is 29.8 Å². The molecule has 0 saturated carbocycles. The van der Waals surface area contributed by atoms with Crippen LogP contribution in [0.5, 0.6) is 0 Å². The van der Waals surface area contributed by atoms with E-state index >= 15 is 0 Å². The maximum absolute atomic E-state index is 12.1. The molecule has 1 aromatic heterocycles. The Balaban J connectivity index is 1.70. The summed E-state index contributed by atoms with van der Waals surface area (Å²) in [7, 11) is 0. The summed E-state index contributed by atoms with van der Waals surface area (Å²) in [5.41, 5.74) is 1.99. The van der Waals surface area contributed by atoms with Crippen molar-refractivity contribution >= 4 is 17.6 Å². The van der Waals surface area contributed by atoms with Gasteiger partial charge in [0.1, 0.15) is 12.9 Å². The Morgan fingerprint density at radius 1 is 1.18 bits per heavy atom. The van der Waals surface area contributed by atoms with Gasteiger partial charge < -0.3 is 4.74 Å². The summed E-state index contributed by atoms with van der Waals surface area (Å²) in [5, 5.41) is 11.5. The maximum atomic E-state index is 12.1. The fraction of sp³-hybridized carbons (Fsp3) is 0.0667. The highest BCUT2D eigenvalue weighted by molar-refractivity contribution is 6.30. The molecular weight excluding hydrogens is 304 g/mol. The van der Waals surface area contributed by atoms with Gasteiger partial charge in [-0.3, -0.25) is 0 Å². The summed E-state index contributed by atoms with van der Waals surface area (Å²) >= 11 is 5.81. The molecule has 0 spiro atoms. The van der Waals surface area contributed by atoms with Crippen LogP contribution in [0.4, 0.5) is 0 Å². The van der Waals surface area contributed by atoms with Crippen LogP contribution in [0.3, 0.4) is 0 Å². The fourth-order valence-corrected chi connectivity index (χ4v) is 1.99. The van der Waals surface area contributed by atoms with Crippen molar-refractivity contribution in [2.75, 3.05) is 0 Å². The molecule has 0 aliphatic carbocycles. The predicted molar refractivity (Wildman–Crippen MR) is 79.7 cm³/mol. The highest BCUT2D eigenvalue weighted by Crippen LogP contribution is 2.13. The molecule has 22 heavy (non-hydrogen) atoms. The minimum absolute atomic E-state index is 0.186. The van der Waals surface area contributed by atoms with Crippen LogP contribution in [-0.4, -0.2) is 26.2 Å². The van der Waals surface area contributed by atoms with Crippen molar-refractivity contribution < 1.29 is 9.53 Å². The number of ether oxygens (including phenoxy) is 1. The third-order valence-corrected chi connectivity index (χ3v) is 3.23. The van der Waals surface area contributed by atoms with E-state index in [1.807, 2.05) is 12.1 Å². The van der Waals surface area contributed by atoms with Crippen LogP contribution in [0.25, 0.3) is 5.69 Å². The minimum atomic E-state index is -0.412. The van der Waals surface area contributed by atoms with Crippen molar-refractivity contribution in [2.24, 2.45) is 0 Å². The van der Waals surface area contributed by atoms with Gasteiger partial charge in [0, 0.05) is 5.02 Å². The van der Waals surface area contributed by atoms with Crippen LogP contribution in [0.1, 0.15) is 15.9 Å². The van der Waals surface area contributed by atoms with Crippen LogP contribution < -0.4 is 0 Å². The number of hydrogen-bond donors (Lipinski definition) is 0. The molecule has 0 fully saturated rings. The van der Waals surface area contributed by atoms with Crippen LogP contribution in [0, 0.1) is 0 Å². The second-order valence-electron chi connectivity index (χ2n) is 4.51. The zero-order chi connectivity index (χ0) is 15.4. The Morgan fingerprint density at radius 2 is 2.00 bits per heavy atom. The first kappa shape index (κ1) is 14.2. The van der Waals surface area contributed by atoms with Gasteiger partial charge >= 0.3 is 5.97 Å². The lowest BCUT2D eigenvalue weighted by molar-refractivity contribution is 0.0472. The van der Waals surface area contributed by atoms with E-state index in [4.69, 9.17) is 16.3 Å². The zero-order valence-corrected chi connectivity index (χ0v) is 12.1. The van der Waals surface area contributed by atoms with E-state index in [0.717, 1.165) is 5.56 Å². The lowest BCUT2D eigenvalue weighted by Gasteiger charge is -2.06. The van der Waals surface area contributed by atoms with Crippen LogP contribution in [0.15, 0.2) is 54.9 Å². The van der Waals surface area contributed by atoms with Crippen LogP contribution in [-0.2, 0) is 11.3 Å². The summed E-state index contributed by atoms with van der Waals surface area (Å²) in [4.78, 5) is 12.1. The number of esters is 1. The van der Waals surface area contributed by atoms with Gasteiger partial charge in [0.2, 0.25) is 0 Å². The minimum Gasteiger partial charge on any atom is -0.457 e. The van der Waals surface area contributed by atoms with Crippen molar-refractivity contribution in [1.82, 2.24) is 20.2 Å². The molecule has 0 amide bonds. The van der Waals surface area contributed by atoms with Gasteiger partial charge in [-0.2, -0.15) is 0 Å². The molecule has 0 radical (unpaired) electrons. The highest BCUT2D eigenvalue weighted by Gasteiger charge is 2.09. The van der Waals surface area contributed by atoms with Gasteiger partial charge in [0.25, 0.3) is 0 Å². The number of carbonyl (C=O) groups is 1. The molecule has 2 aromatic carbocycles. The first-order chi connectivity index (χ1) is 10.7. The first-order valence-electron chi connectivity index (χ1n) is 6.47. The SMILES string of the molecule is O=C(OCc1ccc(Cl)cc1)c1cccc(-n2cnnn2)c1. The molecule has 0 atom stereocenters. The van der Waals surface area contributed by atoms with Crippen molar-refractivity contribution in [3.05, 3.63) is 71.0 Å². The number of tetrazole rings is 1. The van der Waals surface area contributed by atoms with E-state index in [-0.39, 0.29) is 6.61 Å². The summed E-state index contributed by atoms with van der Waals surface area (Å²) in [5.74, 6) is -0.412. The number of aromatic nitrogens is 4. The van der Waals surface area contributed by atoms with Crippen molar-refractivity contribution in [3.63, 3.8) is 0 Å². The van der Waals surface area contributed by atoms with E-state index in [9.17, 15) is 4.79 Å². The first-order valence-corrected chi connectivity index (χ1v) is 6.85. The van der Waals surface area contributed by atoms with E-state index in [0.29, 0.717) is 16.3 Å². The predicted octanol–water partition coefficient (Wildman–Crippen LogP) is 2.67. The molecule has 7 heteroatoms. The molecule has 0 saturated heterocycles. The molecule has 6 nitrogen and oxygen atoms in total. The molecule has 0 aliphatic rings. The van der Waals surface area contributed by atoms with Crippen molar-refractivity contribution in [2.45, 2.75) is 6.61 Å². The Bertz CT molecular complexity index is 773. The summed E-state index contributed by atoms with van der Waals surface area (Å²) in [6.45, 7) is 0.186. The number of hydrogen-bond acceptors (Lipinski definition) is 5. The molecule has 0 bridgehead atoms. The number of halogens is 1. The van der Waals surface area contributed by atoms with E-state index in [1.165, 1.54) is 11.0 Å². The normalized spacial score (nSPS) is 10.4. The van der Waals surface area contributed by atoms with E-state index in [1.54, 1.807) is 36.4 Å². The lowest BCUT2D eigenvalue weighted by atomic mass is 10.2. The summed E-state index contributed by atoms with van der Waals surface area (Å²) in [6, 6.07) is 14.0. The third-order valence-electron chi connectivity index (χ3n) is 2.98. The molecule has 0 aliphatic heterocycles. The number of carbonyl (C=O) groups excluding carboxylic acids is 1. The Labute approximate surface area is 131 Å². The topological polar surface area (TPSA) is 69.9 Å². The lowest BCUT2D eigenvalue weighted by Crippen LogP contribution is -2.06. The zero-order valence-electron chi connectivity index (χ0n) is 11.4. The van der Waals surface area contributed by atoms with Crippen molar-refractivity contribution in [3.8, 4) is 5.69 Å². The van der Waals surface area contributed by atoms with E-state index in [2.05, 4.69) is 15.5 Å². The average Bonchev–Trinajstić information content (AvgIpc) is 3.09. The molecule has 1 heterocycles. The third kappa shape index (κ3) is 3.29. The Hall–Kier alpha value is -2.73. The highest BCUT2D eigenvalue weighted by atomic mass is 35.5. The fourth-order valence-electron chi connectivity index (χ4n) is 1.87. The van der Waals surface area contributed by atoms with Gasteiger partial charge in [0.05, 0.1) is 11.3 Å². The summed E-state index contributed by atoms with van der Waals surface area (Å²) < 4.78 is 6.75. The molecule has 0 N–H and O–H groups in total. The second-order valence-corrected chi connectivity index (χ2v) is 4.94. The van der Waals surface area contributed by atoms with Gasteiger partial charge in [0.15, 0.2) is 0 Å².